The van der Waals surface area contributed by atoms with Crippen LogP contribution in [0.15, 0.2) is 0 Å². The van der Waals surface area contributed by atoms with E-state index < -0.39 is 11.4 Å². The molecule has 0 radical (unpaired) electrons. The lowest BCUT2D eigenvalue weighted by Crippen LogP contribution is -2.51. The van der Waals surface area contributed by atoms with Crippen molar-refractivity contribution >= 4 is 11.9 Å². The highest BCUT2D eigenvalue weighted by molar-refractivity contribution is 6.02. The third-order valence-electron chi connectivity index (χ3n) is 4.60. The second-order valence-electron chi connectivity index (χ2n) is 5.98. The first kappa shape index (κ1) is 14.3. The number of carboxylic acids is 1. The second-order valence-corrected chi connectivity index (χ2v) is 5.98. The number of carboxylic acid groups (broad SMARTS) is 1. The number of hydrogen-bond acceptors (Lipinski definition) is 3. The van der Waals surface area contributed by atoms with E-state index in [1.807, 2.05) is 0 Å². The molecule has 0 aliphatic heterocycles. The maximum Gasteiger partial charge on any atom is 0.319 e. The van der Waals surface area contributed by atoms with Crippen molar-refractivity contribution in [3.63, 3.8) is 0 Å². The molecular formula is C14H23NO4. The van der Waals surface area contributed by atoms with Gasteiger partial charge in [-0.3, -0.25) is 9.59 Å². The molecule has 2 N–H and O–H groups in total. The van der Waals surface area contributed by atoms with E-state index in [2.05, 4.69) is 5.32 Å². The summed E-state index contributed by atoms with van der Waals surface area (Å²) in [5, 5.41) is 12.4. The lowest BCUT2D eigenvalue weighted by Gasteiger charge is -2.37. The number of methoxy groups -OCH3 is 1. The Labute approximate surface area is 113 Å². The zero-order chi connectivity index (χ0) is 14.0. The fraction of sp³-hybridized carbons (Fsp3) is 0.857. The lowest BCUT2D eigenvalue weighted by molar-refractivity contribution is -0.161. The molecule has 0 saturated heterocycles. The van der Waals surface area contributed by atoms with Gasteiger partial charge in [0.1, 0.15) is 5.41 Å². The number of amides is 1. The molecule has 0 spiro atoms. The summed E-state index contributed by atoms with van der Waals surface area (Å²) in [5.41, 5.74) is -1.33. The van der Waals surface area contributed by atoms with Crippen LogP contribution in [0.1, 0.15) is 45.4 Å². The zero-order valence-corrected chi connectivity index (χ0v) is 11.6. The highest BCUT2D eigenvalue weighted by atomic mass is 16.5. The van der Waals surface area contributed by atoms with E-state index in [1.165, 1.54) is 0 Å². The number of carbonyl (C=O) groups excluding carboxylic acids is 1. The van der Waals surface area contributed by atoms with E-state index in [0.29, 0.717) is 6.42 Å². The standard InChI is InChI=1S/C14H23NO4/c1-14(13(17)18,12(16)15-10-6-7-10)9-4-3-5-11(8-9)19-2/h9-11H,3-8H2,1-2H3,(H,15,16)(H,17,18). The molecule has 3 atom stereocenters. The Balaban J connectivity index is 2.12. The van der Waals surface area contributed by atoms with Crippen LogP contribution in [0.3, 0.4) is 0 Å². The molecule has 0 bridgehead atoms. The molecule has 2 aliphatic rings. The molecule has 19 heavy (non-hydrogen) atoms. The molecule has 0 aromatic rings. The molecule has 0 aromatic heterocycles. The summed E-state index contributed by atoms with van der Waals surface area (Å²) in [6.45, 7) is 1.57. The number of carbonyl (C=O) groups is 2. The summed E-state index contributed by atoms with van der Waals surface area (Å²) in [5.74, 6) is -1.50. The third-order valence-corrected chi connectivity index (χ3v) is 4.60. The quantitative estimate of drug-likeness (QED) is 0.743. The van der Waals surface area contributed by atoms with Gasteiger partial charge in [0.25, 0.3) is 0 Å². The molecule has 2 rings (SSSR count). The van der Waals surface area contributed by atoms with Crippen LogP contribution in [0, 0.1) is 11.3 Å². The number of nitrogens with one attached hydrogen (secondary N) is 1. The van der Waals surface area contributed by atoms with E-state index in [1.54, 1.807) is 14.0 Å². The summed E-state index contributed by atoms with van der Waals surface area (Å²) >= 11 is 0. The van der Waals surface area contributed by atoms with Crippen LogP contribution in [0.4, 0.5) is 0 Å². The zero-order valence-electron chi connectivity index (χ0n) is 11.6. The summed E-state index contributed by atoms with van der Waals surface area (Å²) in [6, 6.07) is 0.188. The summed E-state index contributed by atoms with van der Waals surface area (Å²) in [7, 11) is 1.65. The van der Waals surface area contributed by atoms with Crippen LogP contribution in [-0.2, 0) is 14.3 Å². The van der Waals surface area contributed by atoms with Crippen molar-refractivity contribution in [1.29, 1.82) is 0 Å². The van der Waals surface area contributed by atoms with Crippen LogP contribution in [0.25, 0.3) is 0 Å². The molecule has 2 saturated carbocycles. The predicted octanol–water partition coefficient (Wildman–Crippen LogP) is 1.56. The van der Waals surface area contributed by atoms with Crippen molar-refractivity contribution in [2.24, 2.45) is 11.3 Å². The summed E-state index contributed by atoms with van der Waals surface area (Å²) in [4.78, 5) is 24.0. The predicted molar refractivity (Wildman–Crippen MR) is 69.7 cm³/mol. The van der Waals surface area contributed by atoms with E-state index in [-0.39, 0.29) is 24.0 Å². The first-order chi connectivity index (χ1) is 8.98. The van der Waals surface area contributed by atoms with Gasteiger partial charge in [0.15, 0.2) is 0 Å². The van der Waals surface area contributed by atoms with Gasteiger partial charge in [-0.1, -0.05) is 6.42 Å². The summed E-state index contributed by atoms with van der Waals surface area (Å²) < 4.78 is 5.34. The van der Waals surface area contributed by atoms with Gasteiger partial charge in [-0.15, -0.1) is 0 Å². The smallest absolute Gasteiger partial charge is 0.319 e. The van der Waals surface area contributed by atoms with E-state index >= 15 is 0 Å². The van der Waals surface area contributed by atoms with Crippen molar-refractivity contribution in [3.05, 3.63) is 0 Å². The highest BCUT2D eigenvalue weighted by Gasteiger charge is 2.50. The Morgan fingerprint density at radius 2 is 1.95 bits per heavy atom. The Morgan fingerprint density at radius 1 is 1.26 bits per heavy atom. The molecule has 2 fully saturated rings. The van der Waals surface area contributed by atoms with Gasteiger partial charge in [-0.25, -0.2) is 0 Å². The SMILES string of the molecule is COC1CCCC(C(C)(C(=O)O)C(=O)NC2CC2)C1. The molecular weight excluding hydrogens is 246 g/mol. The minimum Gasteiger partial charge on any atom is -0.480 e. The van der Waals surface area contributed by atoms with Gasteiger partial charge in [0, 0.05) is 13.2 Å². The average molecular weight is 269 g/mol. The van der Waals surface area contributed by atoms with Gasteiger partial charge in [0.2, 0.25) is 5.91 Å². The monoisotopic (exact) mass is 269 g/mol. The fourth-order valence-corrected chi connectivity index (χ4v) is 2.90. The molecule has 3 unspecified atom stereocenters. The minimum absolute atomic E-state index is 0.0751. The Hall–Kier alpha value is -1.10. The first-order valence-electron chi connectivity index (χ1n) is 7.05. The summed E-state index contributed by atoms with van der Waals surface area (Å²) in [6.07, 6.45) is 5.30. The number of hydrogen-bond donors (Lipinski definition) is 2. The van der Waals surface area contributed by atoms with Gasteiger partial charge in [-0.05, 0) is 44.9 Å². The van der Waals surface area contributed by atoms with Gasteiger partial charge in [0.05, 0.1) is 6.10 Å². The topological polar surface area (TPSA) is 75.6 Å². The third kappa shape index (κ3) is 2.91. The van der Waals surface area contributed by atoms with E-state index in [9.17, 15) is 14.7 Å². The van der Waals surface area contributed by atoms with Crippen molar-refractivity contribution in [2.75, 3.05) is 7.11 Å². The largest absolute Gasteiger partial charge is 0.480 e. The Morgan fingerprint density at radius 3 is 2.47 bits per heavy atom. The van der Waals surface area contributed by atoms with Crippen molar-refractivity contribution in [1.82, 2.24) is 5.32 Å². The van der Waals surface area contributed by atoms with Crippen molar-refractivity contribution in [2.45, 2.75) is 57.6 Å². The van der Waals surface area contributed by atoms with Crippen molar-refractivity contribution in [3.8, 4) is 0 Å². The lowest BCUT2D eigenvalue weighted by atomic mass is 9.68. The average Bonchev–Trinajstić information content (AvgIpc) is 3.21. The Bertz CT molecular complexity index is 366. The molecule has 1 amide bonds. The maximum absolute atomic E-state index is 12.3. The van der Waals surface area contributed by atoms with Crippen LogP contribution in [0.5, 0.6) is 0 Å². The number of rotatable bonds is 5. The van der Waals surface area contributed by atoms with Crippen LogP contribution in [0.2, 0.25) is 0 Å². The molecule has 5 heteroatoms. The maximum atomic E-state index is 12.3. The molecule has 0 heterocycles. The van der Waals surface area contributed by atoms with Crippen molar-refractivity contribution < 1.29 is 19.4 Å². The van der Waals surface area contributed by atoms with Gasteiger partial charge in [-0.2, -0.15) is 0 Å². The molecule has 0 aromatic carbocycles. The normalized spacial score (nSPS) is 30.4. The van der Waals surface area contributed by atoms with Crippen LogP contribution in [-0.4, -0.2) is 36.2 Å². The number of ether oxygens (including phenoxy) is 1. The number of aliphatic carboxylic acids is 1. The van der Waals surface area contributed by atoms with Crippen LogP contribution >= 0.6 is 0 Å². The fourth-order valence-electron chi connectivity index (χ4n) is 2.90. The molecule has 108 valence electrons. The Kier molecular flexibility index (Phi) is 4.13. The van der Waals surface area contributed by atoms with E-state index in [0.717, 1.165) is 32.1 Å². The van der Waals surface area contributed by atoms with Gasteiger partial charge >= 0.3 is 5.97 Å². The highest BCUT2D eigenvalue weighted by Crippen LogP contribution is 2.40. The van der Waals surface area contributed by atoms with Gasteiger partial charge < -0.3 is 15.2 Å². The van der Waals surface area contributed by atoms with E-state index in [4.69, 9.17) is 4.74 Å². The van der Waals surface area contributed by atoms with Crippen LogP contribution < -0.4 is 5.32 Å². The second kappa shape index (κ2) is 5.49. The molecule has 2 aliphatic carbocycles. The first-order valence-corrected chi connectivity index (χ1v) is 7.05. The molecule has 5 nitrogen and oxygen atoms in total. The minimum atomic E-state index is -1.33.